The average Bonchev–Trinajstić information content (AvgIpc) is 3.18. The summed E-state index contributed by atoms with van der Waals surface area (Å²) in [5, 5.41) is 22.3. The maximum absolute atomic E-state index is 14.2. The van der Waals surface area contributed by atoms with Gasteiger partial charge in [0.15, 0.2) is 0 Å². The van der Waals surface area contributed by atoms with Crippen molar-refractivity contribution in [3.05, 3.63) is 78.9 Å². The molecular formula is C27H31NO3SSe. The van der Waals surface area contributed by atoms with Gasteiger partial charge in [0.25, 0.3) is 0 Å². The molecule has 33 heavy (non-hydrogen) atoms. The summed E-state index contributed by atoms with van der Waals surface area (Å²) in [6, 6.07) is 19.9. The Hall–Kier alpha value is -1.90. The molecule has 2 bridgehead atoms. The Morgan fingerprint density at radius 3 is 2.30 bits per heavy atom. The number of aliphatic hydroxyl groups excluding tert-OH is 1. The van der Waals surface area contributed by atoms with E-state index in [1.54, 1.807) is 36.4 Å². The van der Waals surface area contributed by atoms with Crippen LogP contribution in [-0.4, -0.2) is 38.2 Å². The summed E-state index contributed by atoms with van der Waals surface area (Å²) in [5.74, 6) is -0.237. The molecule has 1 N–H and O–H groups in total. The molecule has 4 nitrogen and oxygen atoms in total. The third-order valence-corrected chi connectivity index (χ3v) is 15.4. The van der Waals surface area contributed by atoms with Crippen molar-refractivity contribution in [3.63, 3.8) is 0 Å². The van der Waals surface area contributed by atoms with Gasteiger partial charge in [0.05, 0.1) is 0 Å². The van der Waals surface area contributed by atoms with Gasteiger partial charge in [-0.15, -0.1) is 0 Å². The van der Waals surface area contributed by atoms with Crippen molar-refractivity contribution in [2.45, 2.75) is 59.0 Å². The molecule has 6 heteroatoms. The summed E-state index contributed by atoms with van der Waals surface area (Å²) >= 11 is -0.636. The van der Waals surface area contributed by atoms with E-state index in [-0.39, 0.29) is 15.7 Å². The quantitative estimate of drug-likeness (QED) is 0.388. The van der Waals surface area contributed by atoms with E-state index >= 15 is 0 Å². The number of hydrogen-bond acceptors (Lipinski definition) is 4. The SMILES string of the molecule is C=C[C@H](c1ccccc1)[C@](C#N)([Se]C[C@]12CC[C@@H](C[C@H]1O)C2(C)C)S(=O)(=O)c1ccccc1. The van der Waals surface area contributed by atoms with Gasteiger partial charge < -0.3 is 0 Å². The normalized spacial score (nSPS) is 28.5. The van der Waals surface area contributed by atoms with Crippen molar-refractivity contribution in [2.24, 2.45) is 16.7 Å². The van der Waals surface area contributed by atoms with Crippen molar-refractivity contribution in [2.75, 3.05) is 0 Å². The molecule has 0 heterocycles. The molecular weight excluding hydrogens is 497 g/mol. The number of sulfone groups is 1. The topological polar surface area (TPSA) is 78.2 Å². The zero-order valence-electron chi connectivity index (χ0n) is 19.1. The maximum atomic E-state index is 14.2. The molecule has 2 aromatic rings. The van der Waals surface area contributed by atoms with Gasteiger partial charge in [0.1, 0.15) is 0 Å². The Balaban J connectivity index is 1.85. The fraction of sp³-hybridized carbons (Fsp3) is 0.444. The van der Waals surface area contributed by atoms with Gasteiger partial charge in [-0.1, -0.05) is 0 Å². The third kappa shape index (κ3) is 3.53. The molecule has 0 aromatic heterocycles. The van der Waals surface area contributed by atoms with Crippen molar-refractivity contribution in [3.8, 4) is 6.07 Å². The zero-order valence-corrected chi connectivity index (χ0v) is 21.7. The van der Waals surface area contributed by atoms with E-state index < -0.39 is 40.5 Å². The first-order valence-electron chi connectivity index (χ1n) is 11.4. The molecule has 0 amide bonds. The number of nitrogens with zero attached hydrogens (tertiary/aromatic N) is 1. The molecule has 0 spiro atoms. The van der Waals surface area contributed by atoms with Gasteiger partial charge in [-0.2, -0.15) is 0 Å². The van der Waals surface area contributed by atoms with E-state index in [0.29, 0.717) is 11.2 Å². The summed E-state index contributed by atoms with van der Waals surface area (Å²) in [4.78, 5) is 0.157. The van der Waals surface area contributed by atoms with Crippen LogP contribution in [0, 0.1) is 28.1 Å². The van der Waals surface area contributed by atoms with Crippen LogP contribution in [0.5, 0.6) is 0 Å². The van der Waals surface area contributed by atoms with Gasteiger partial charge in [-0.25, -0.2) is 0 Å². The number of hydrogen-bond donors (Lipinski definition) is 1. The van der Waals surface area contributed by atoms with E-state index in [1.807, 2.05) is 30.3 Å². The molecule has 174 valence electrons. The van der Waals surface area contributed by atoms with Crippen LogP contribution in [0.2, 0.25) is 5.32 Å². The second-order valence-corrected chi connectivity index (χ2v) is 15.1. The minimum atomic E-state index is -4.03. The number of fused-ring (bicyclic) bond motifs is 2. The van der Waals surface area contributed by atoms with E-state index in [1.165, 1.54) is 0 Å². The molecule has 2 aliphatic rings. The van der Waals surface area contributed by atoms with Crippen LogP contribution >= 0.6 is 0 Å². The molecule has 2 saturated carbocycles. The third-order valence-electron chi connectivity index (χ3n) is 8.34. The molecule has 0 aliphatic heterocycles. The minimum absolute atomic E-state index is 0.0811. The molecule has 5 atom stereocenters. The van der Waals surface area contributed by atoms with Crippen LogP contribution in [0.15, 0.2) is 78.2 Å². The molecule has 0 saturated heterocycles. The Morgan fingerprint density at radius 2 is 1.82 bits per heavy atom. The predicted molar refractivity (Wildman–Crippen MR) is 131 cm³/mol. The van der Waals surface area contributed by atoms with E-state index in [9.17, 15) is 18.8 Å². The predicted octanol–water partition coefficient (Wildman–Crippen LogP) is 4.96. The van der Waals surface area contributed by atoms with E-state index in [2.05, 4.69) is 26.5 Å². The van der Waals surface area contributed by atoms with E-state index in [4.69, 9.17) is 0 Å². The molecule has 2 fully saturated rings. The van der Waals surface area contributed by atoms with Crippen LogP contribution in [-0.2, 0) is 9.84 Å². The van der Waals surface area contributed by atoms with Crippen LogP contribution in [0.4, 0.5) is 0 Å². The summed E-state index contributed by atoms with van der Waals surface area (Å²) in [6.45, 7) is 8.39. The molecule has 2 aliphatic carbocycles. The first-order valence-corrected chi connectivity index (χ1v) is 14.9. The fourth-order valence-electron chi connectivity index (χ4n) is 6.06. The van der Waals surface area contributed by atoms with Crippen molar-refractivity contribution < 1.29 is 13.5 Å². The summed E-state index contributed by atoms with van der Waals surface area (Å²) in [5.41, 5.74) is 0.333. The number of aliphatic hydroxyl groups is 1. The molecule has 4 rings (SSSR count). The molecule has 0 radical (unpaired) electrons. The van der Waals surface area contributed by atoms with Crippen LogP contribution in [0.3, 0.4) is 0 Å². The average molecular weight is 529 g/mol. The Bertz CT molecular complexity index is 1160. The van der Waals surface area contributed by atoms with Crippen molar-refractivity contribution >= 4 is 24.8 Å². The van der Waals surface area contributed by atoms with E-state index in [0.717, 1.165) is 24.8 Å². The monoisotopic (exact) mass is 529 g/mol. The first-order chi connectivity index (χ1) is 15.7. The van der Waals surface area contributed by atoms with Crippen molar-refractivity contribution in [1.82, 2.24) is 0 Å². The second-order valence-electron chi connectivity index (χ2n) is 9.87. The van der Waals surface area contributed by atoms with Crippen LogP contribution < -0.4 is 0 Å². The van der Waals surface area contributed by atoms with Crippen LogP contribution in [0.25, 0.3) is 0 Å². The van der Waals surface area contributed by atoms with Gasteiger partial charge in [-0.05, 0) is 0 Å². The summed E-state index contributed by atoms with van der Waals surface area (Å²) in [6.07, 6.45) is 3.85. The Kier molecular flexibility index (Phi) is 6.39. The van der Waals surface area contributed by atoms with Gasteiger partial charge >= 0.3 is 204 Å². The van der Waals surface area contributed by atoms with Gasteiger partial charge in [-0.3, -0.25) is 0 Å². The Morgan fingerprint density at radius 1 is 1.21 bits per heavy atom. The molecule has 0 unspecified atom stereocenters. The zero-order chi connectivity index (χ0) is 23.9. The molecule has 2 aromatic carbocycles. The van der Waals surface area contributed by atoms with Crippen LogP contribution in [0.1, 0.15) is 44.6 Å². The second kappa shape index (κ2) is 8.71. The Labute approximate surface area is 203 Å². The first kappa shape index (κ1) is 24.2. The number of nitriles is 1. The fourth-order valence-corrected chi connectivity index (χ4v) is 13.1. The number of rotatable bonds is 8. The number of benzene rings is 2. The van der Waals surface area contributed by atoms with Gasteiger partial charge in [0, 0.05) is 0 Å². The summed E-state index contributed by atoms with van der Waals surface area (Å²) < 4.78 is 26.7. The van der Waals surface area contributed by atoms with Crippen molar-refractivity contribution in [1.29, 1.82) is 5.26 Å². The van der Waals surface area contributed by atoms with Gasteiger partial charge in [0.2, 0.25) is 0 Å². The summed E-state index contributed by atoms with van der Waals surface area (Å²) in [7, 11) is -4.03. The number of allylic oxidation sites excluding steroid dienone is 1. The standard InChI is InChI=1S/C27H31NO3SSe/c1-4-23(20-11-7-5-8-12-20)27(18-28,32(30,31)22-13-9-6-10-14-22)33-19-26-16-15-21(17-24(26)29)25(26,2)3/h4-14,21,23-24,29H,1,15-17,19H2,2-3H3/t21-,23+,24+,26+,27-/m0/s1.